The Balaban J connectivity index is 3.57. The molecule has 6 heteroatoms. The van der Waals surface area contributed by atoms with Crippen molar-refractivity contribution in [1.29, 1.82) is 0 Å². The Hall–Kier alpha value is -1.17. The van der Waals surface area contributed by atoms with E-state index < -0.39 is 6.03 Å². The maximum Gasteiger partial charge on any atom is 0.340 e. The lowest BCUT2D eigenvalue weighted by Crippen LogP contribution is -2.37. The molecule has 82 valence electrons. The zero-order valence-corrected chi connectivity index (χ0v) is 8.99. The molecule has 0 bridgehead atoms. The summed E-state index contributed by atoms with van der Waals surface area (Å²) in [5, 5.41) is 6.04. The number of carbonyl (C=O) groups is 1. The standard InChI is InChI=1S/C8H18N4O2/c1-4-12(10-14)8(13)9-6-5-7-11(2)3/h4-7H2,1-3H3,(H,9,13). The normalized spacial score (nSPS) is 10.0. The Morgan fingerprint density at radius 3 is 2.50 bits per heavy atom. The summed E-state index contributed by atoms with van der Waals surface area (Å²) >= 11 is 0. The topological polar surface area (TPSA) is 65.0 Å². The fourth-order valence-corrected chi connectivity index (χ4v) is 0.920. The number of hydrogen-bond acceptors (Lipinski definition) is 4. The molecule has 0 aromatic rings. The summed E-state index contributed by atoms with van der Waals surface area (Å²) in [5.41, 5.74) is 0. The van der Waals surface area contributed by atoms with Gasteiger partial charge in [-0.05, 0) is 34.0 Å². The fourth-order valence-electron chi connectivity index (χ4n) is 0.920. The van der Waals surface area contributed by atoms with Gasteiger partial charge in [0.15, 0.2) is 0 Å². The average Bonchev–Trinajstić information content (AvgIpc) is 2.14. The van der Waals surface area contributed by atoms with Crippen molar-refractivity contribution in [3.8, 4) is 0 Å². The summed E-state index contributed by atoms with van der Waals surface area (Å²) in [6, 6.07) is -0.429. The molecule has 0 heterocycles. The molecule has 6 nitrogen and oxygen atoms in total. The van der Waals surface area contributed by atoms with Crippen LogP contribution in [0.5, 0.6) is 0 Å². The maximum atomic E-state index is 11.2. The van der Waals surface area contributed by atoms with E-state index in [9.17, 15) is 9.70 Å². The monoisotopic (exact) mass is 202 g/mol. The second-order valence-corrected chi connectivity index (χ2v) is 3.19. The number of amides is 2. The van der Waals surface area contributed by atoms with Gasteiger partial charge in [0.2, 0.25) is 0 Å². The third kappa shape index (κ3) is 5.47. The van der Waals surface area contributed by atoms with Crippen molar-refractivity contribution >= 4 is 6.03 Å². The van der Waals surface area contributed by atoms with Gasteiger partial charge < -0.3 is 10.2 Å². The first-order valence-corrected chi connectivity index (χ1v) is 4.65. The number of hydrogen-bond donors (Lipinski definition) is 1. The minimum absolute atomic E-state index is 0.295. The summed E-state index contributed by atoms with van der Waals surface area (Å²) in [5.74, 6) is 0. The van der Waals surface area contributed by atoms with E-state index in [0.717, 1.165) is 18.0 Å². The quantitative estimate of drug-likeness (QED) is 0.391. The van der Waals surface area contributed by atoms with Crippen molar-refractivity contribution in [2.75, 3.05) is 33.7 Å². The fraction of sp³-hybridized carbons (Fsp3) is 0.875. The highest BCUT2D eigenvalue weighted by Crippen LogP contribution is 1.89. The van der Waals surface area contributed by atoms with Crippen LogP contribution in [0.25, 0.3) is 0 Å². The first-order chi connectivity index (χ1) is 6.61. The summed E-state index contributed by atoms with van der Waals surface area (Å²) < 4.78 is 0. The van der Waals surface area contributed by atoms with E-state index in [1.165, 1.54) is 0 Å². The number of nitrogens with one attached hydrogen (secondary N) is 1. The number of urea groups is 1. The minimum Gasteiger partial charge on any atom is -0.336 e. The van der Waals surface area contributed by atoms with Gasteiger partial charge in [-0.15, -0.1) is 4.91 Å². The van der Waals surface area contributed by atoms with Crippen LogP contribution < -0.4 is 5.32 Å². The molecule has 0 aliphatic heterocycles. The lowest BCUT2D eigenvalue weighted by atomic mass is 10.4. The summed E-state index contributed by atoms with van der Waals surface area (Å²) in [6.07, 6.45) is 0.856. The van der Waals surface area contributed by atoms with Crippen LogP contribution in [0.15, 0.2) is 5.29 Å². The molecule has 0 saturated carbocycles. The van der Waals surface area contributed by atoms with Crippen LogP contribution in [0.4, 0.5) is 4.79 Å². The van der Waals surface area contributed by atoms with E-state index in [-0.39, 0.29) is 0 Å². The molecular formula is C8H18N4O2. The SMILES string of the molecule is CCN(N=O)C(=O)NCCCN(C)C. The Labute approximate surface area is 84.2 Å². The highest BCUT2D eigenvalue weighted by molar-refractivity contribution is 5.73. The van der Waals surface area contributed by atoms with Gasteiger partial charge in [-0.3, -0.25) is 0 Å². The molecule has 0 aliphatic rings. The van der Waals surface area contributed by atoms with Crippen molar-refractivity contribution in [3.63, 3.8) is 0 Å². The van der Waals surface area contributed by atoms with Gasteiger partial charge in [0, 0.05) is 13.1 Å². The van der Waals surface area contributed by atoms with E-state index in [1.807, 2.05) is 19.0 Å². The van der Waals surface area contributed by atoms with Gasteiger partial charge in [-0.25, -0.2) is 4.79 Å². The van der Waals surface area contributed by atoms with Gasteiger partial charge in [-0.1, -0.05) is 0 Å². The molecule has 0 rings (SSSR count). The Bertz CT molecular complexity index is 184. The van der Waals surface area contributed by atoms with Crippen molar-refractivity contribution in [2.24, 2.45) is 5.29 Å². The third-order valence-corrected chi connectivity index (χ3v) is 1.69. The zero-order chi connectivity index (χ0) is 11.0. The first kappa shape index (κ1) is 12.8. The molecule has 14 heavy (non-hydrogen) atoms. The van der Waals surface area contributed by atoms with Gasteiger partial charge in [0.1, 0.15) is 0 Å². The number of nitrogens with zero attached hydrogens (tertiary/aromatic N) is 3. The maximum absolute atomic E-state index is 11.2. The first-order valence-electron chi connectivity index (χ1n) is 4.65. The van der Waals surface area contributed by atoms with Gasteiger partial charge in [-0.2, -0.15) is 5.01 Å². The van der Waals surface area contributed by atoms with E-state index in [0.29, 0.717) is 13.1 Å². The Morgan fingerprint density at radius 1 is 1.43 bits per heavy atom. The zero-order valence-electron chi connectivity index (χ0n) is 8.99. The van der Waals surface area contributed by atoms with Crippen molar-refractivity contribution in [2.45, 2.75) is 13.3 Å². The molecule has 0 aromatic carbocycles. The van der Waals surface area contributed by atoms with Crippen LogP contribution in [-0.2, 0) is 0 Å². The van der Waals surface area contributed by atoms with Crippen molar-refractivity contribution < 1.29 is 4.79 Å². The number of rotatable bonds is 6. The molecule has 0 spiro atoms. The second kappa shape index (κ2) is 7.25. The highest BCUT2D eigenvalue weighted by atomic mass is 16.3. The summed E-state index contributed by atoms with van der Waals surface area (Å²) in [4.78, 5) is 23.3. The van der Waals surface area contributed by atoms with Crippen LogP contribution in [0.3, 0.4) is 0 Å². The minimum atomic E-state index is -0.429. The van der Waals surface area contributed by atoms with Crippen LogP contribution in [0.1, 0.15) is 13.3 Å². The second-order valence-electron chi connectivity index (χ2n) is 3.19. The predicted octanol–water partition coefficient (Wildman–Crippen LogP) is 0.651. The number of carbonyl (C=O) groups excluding carboxylic acids is 1. The van der Waals surface area contributed by atoms with Gasteiger partial charge in [0.05, 0.1) is 5.29 Å². The molecule has 0 unspecified atom stereocenters. The summed E-state index contributed by atoms with van der Waals surface area (Å²) in [7, 11) is 3.93. The molecule has 0 radical (unpaired) electrons. The third-order valence-electron chi connectivity index (χ3n) is 1.69. The van der Waals surface area contributed by atoms with E-state index in [1.54, 1.807) is 6.92 Å². The molecule has 0 saturated heterocycles. The molecule has 1 N–H and O–H groups in total. The lowest BCUT2D eigenvalue weighted by Gasteiger charge is -2.13. The molecular weight excluding hydrogens is 184 g/mol. The van der Waals surface area contributed by atoms with Gasteiger partial charge >= 0.3 is 6.03 Å². The Morgan fingerprint density at radius 2 is 2.07 bits per heavy atom. The molecule has 0 atom stereocenters. The van der Waals surface area contributed by atoms with Crippen molar-refractivity contribution in [3.05, 3.63) is 4.91 Å². The lowest BCUT2D eigenvalue weighted by molar-refractivity contribution is 0.201. The van der Waals surface area contributed by atoms with Crippen LogP contribution in [0, 0.1) is 4.91 Å². The van der Waals surface area contributed by atoms with Crippen LogP contribution in [0.2, 0.25) is 0 Å². The molecule has 0 aromatic heterocycles. The van der Waals surface area contributed by atoms with Crippen LogP contribution >= 0.6 is 0 Å². The molecule has 2 amide bonds. The summed E-state index contributed by atoms with van der Waals surface area (Å²) in [6.45, 7) is 3.45. The predicted molar refractivity (Wildman–Crippen MR) is 54.7 cm³/mol. The molecule has 0 fully saturated rings. The smallest absolute Gasteiger partial charge is 0.336 e. The van der Waals surface area contributed by atoms with Gasteiger partial charge in [0.25, 0.3) is 0 Å². The largest absolute Gasteiger partial charge is 0.340 e. The van der Waals surface area contributed by atoms with E-state index >= 15 is 0 Å². The van der Waals surface area contributed by atoms with E-state index in [4.69, 9.17) is 0 Å². The average molecular weight is 202 g/mol. The molecule has 0 aliphatic carbocycles. The number of nitroso groups, excluding NO2 is 1. The van der Waals surface area contributed by atoms with Crippen molar-refractivity contribution in [1.82, 2.24) is 15.2 Å². The highest BCUT2D eigenvalue weighted by Gasteiger charge is 2.09. The Kier molecular flexibility index (Phi) is 6.65. The van der Waals surface area contributed by atoms with Crippen LogP contribution in [-0.4, -0.2) is 49.7 Å². The van der Waals surface area contributed by atoms with E-state index in [2.05, 4.69) is 10.6 Å².